The summed E-state index contributed by atoms with van der Waals surface area (Å²) in [5.41, 5.74) is 0.766. The zero-order valence-corrected chi connectivity index (χ0v) is 12.1. The largest absolute Gasteiger partial charge is 0.376 e. The van der Waals surface area contributed by atoms with Gasteiger partial charge in [0.05, 0.1) is 6.10 Å². The third-order valence-corrected chi connectivity index (χ3v) is 4.04. The van der Waals surface area contributed by atoms with Crippen LogP contribution in [0.5, 0.6) is 0 Å². The molecule has 20 heavy (non-hydrogen) atoms. The van der Waals surface area contributed by atoms with Gasteiger partial charge in [0, 0.05) is 30.4 Å². The molecule has 1 aliphatic carbocycles. The van der Waals surface area contributed by atoms with Crippen molar-refractivity contribution >= 4 is 23.3 Å². The number of hydrogen-bond donors (Lipinski definition) is 1. The fourth-order valence-corrected chi connectivity index (χ4v) is 2.47. The number of nitrogens with one attached hydrogen (secondary N) is 1. The van der Waals surface area contributed by atoms with Crippen LogP contribution in [-0.2, 0) is 4.74 Å². The third kappa shape index (κ3) is 3.64. The van der Waals surface area contributed by atoms with Crippen molar-refractivity contribution < 1.29 is 9.53 Å². The number of likely N-dealkylation sites (tertiary alicyclic amines) is 1. The highest BCUT2D eigenvalue weighted by atomic mass is 35.5. The molecule has 1 saturated carbocycles. The van der Waals surface area contributed by atoms with Gasteiger partial charge in [0.1, 0.15) is 0 Å². The van der Waals surface area contributed by atoms with Crippen molar-refractivity contribution in [1.29, 1.82) is 0 Å². The van der Waals surface area contributed by atoms with E-state index >= 15 is 0 Å². The van der Waals surface area contributed by atoms with E-state index in [2.05, 4.69) is 5.32 Å². The molecule has 1 atom stereocenters. The van der Waals surface area contributed by atoms with E-state index in [-0.39, 0.29) is 12.1 Å². The van der Waals surface area contributed by atoms with E-state index in [1.165, 1.54) is 12.8 Å². The molecule has 1 saturated heterocycles. The number of nitrogens with zero attached hydrogens (tertiary/aromatic N) is 1. The molecule has 4 nitrogen and oxygen atoms in total. The van der Waals surface area contributed by atoms with Gasteiger partial charge >= 0.3 is 6.03 Å². The van der Waals surface area contributed by atoms with Crippen LogP contribution in [0.2, 0.25) is 5.02 Å². The van der Waals surface area contributed by atoms with Crippen molar-refractivity contribution in [3.8, 4) is 0 Å². The van der Waals surface area contributed by atoms with Gasteiger partial charge in [-0.2, -0.15) is 0 Å². The molecule has 2 fully saturated rings. The Kier molecular flexibility index (Phi) is 4.13. The van der Waals surface area contributed by atoms with Crippen molar-refractivity contribution in [2.24, 2.45) is 5.92 Å². The summed E-state index contributed by atoms with van der Waals surface area (Å²) in [7, 11) is 0. The average Bonchev–Trinajstić information content (AvgIpc) is 3.15. The lowest BCUT2D eigenvalue weighted by Gasteiger charge is -2.17. The zero-order valence-electron chi connectivity index (χ0n) is 11.3. The molecular formula is C15H19ClN2O2. The SMILES string of the molecule is O=C(Nc1ccc(Cl)cc1)N1CCC(OCC2CC2)C1. The topological polar surface area (TPSA) is 41.6 Å². The number of amides is 2. The van der Waals surface area contributed by atoms with Crippen LogP contribution in [0.3, 0.4) is 0 Å². The van der Waals surface area contributed by atoms with E-state index in [1.54, 1.807) is 24.3 Å². The minimum absolute atomic E-state index is 0.0650. The smallest absolute Gasteiger partial charge is 0.321 e. The van der Waals surface area contributed by atoms with Crippen LogP contribution < -0.4 is 5.32 Å². The fraction of sp³-hybridized carbons (Fsp3) is 0.533. The molecule has 1 unspecified atom stereocenters. The highest BCUT2D eigenvalue weighted by molar-refractivity contribution is 6.30. The van der Waals surface area contributed by atoms with Crippen molar-refractivity contribution in [3.63, 3.8) is 0 Å². The number of hydrogen-bond acceptors (Lipinski definition) is 2. The van der Waals surface area contributed by atoms with Gasteiger partial charge in [-0.15, -0.1) is 0 Å². The van der Waals surface area contributed by atoms with Crippen LogP contribution in [0.15, 0.2) is 24.3 Å². The molecule has 1 aromatic carbocycles. The predicted molar refractivity (Wildman–Crippen MR) is 79.1 cm³/mol. The normalized spacial score (nSPS) is 22.1. The first-order valence-corrected chi connectivity index (χ1v) is 7.51. The van der Waals surface area contributed by atoms with Gasteiger partial charge in [0.15, 0.2) is 0 Å². The minimum atomic E-state index is -0.0650. The first kappa shape index (κ1) is 13.7. The highest BCUT2D eigenvalue weighted by Crippen LogP contribution is 2.30. The number of halogens is 1. The molecule has 1 N–H and O–H groups in total. The molecule has 2 aliphatic rings. The van der Waals surface area contributed by atoms with Crippen LogP contribution in [-0.4, -0.2) is 36.7 Å². The Balaban J connectivity index is 1.46. The Hall–Kier alpha value is -1.26. The molecule has 3 rings (SSSR count). The molecule has 1 heterocycles. The summed E-state index contributed by atoms with van der Waals surface area (Å²) in [6.07, 6.45) is 3.73. The van der Waals surface area contributed by atoms with Crippen molar-refractivity contribution in [2.45, 2.75) is 25.4 Å². The van der Waals surface area contributed by atoms with Gasteiger partial charge in [-0.25, -0.2) is 4.79 Å². The molecule has 0 radical (unpaired) electrons. The zero-order chi connectivity index (χ0) is 13.9. The van der Waals surface area contributed by atoms with Crippen molar-refractivity contribution in [3.05, 3.63) is 29.3 Å². The number of benzene rings is 1. The molecule has 108 valence electrons. The maximum absolute atomic E-state index is 12.1. The molecule has 0 bridgehead atoms. The summed E-state index contributed by atoms with van der Waals surface area (Å²) in [6, 6.07) is 7.07. The summed E-state index contributed by atoms with van der Waals surface area (Å²) in [5.74, 6) is 0.770. The summed E-state index contributed by atoms with van der Waals surface area (Å²) in [5, 5.41) is 3.55. The standard InChI is InChI=1S/C15H19ClN2O2/c16-12-3-5-13(6-4-12)17-15(19)18-8-7-14(9-18)20-10-11-1-2-11/h3-6,11,14H,1-2,7-10H2,(H,17,19). The van der Waals surface area contributed by atoms with Crippen molar-refractivity contribution in [2.75, 3.05) is 25.0 Å². The van der Waals surface area contributed by atoms with Crippen LogP contribution in [0.4, 0.5) is 10.5 Å². The Morgan fingerprint density at radius 3 is 2.75 bits per heavy atom. The lowest BCUT2D eigenvalue weighted by Crippen LogP contribution is -2.34. The maximum atomic E-state index is 12.1. The number of carbonyl (C=O) groups excluding carboxylic acids is 1. The Labute approximate surface area is 124 Å². The Morgan fingerprint density at radius 2 is 2.05 bits per heavy atom. The molecule has 2 amide bonds. The Bertz CT molecular complexity index is 473. The summed E-state index contributed by atoms with van der Waals surface area (Å²) in [6.45, 7) is 2.30. The van der Waals surface area contributed by atoms with Gasteiger partial charge in [-0.3, -0.25) is 0 Å². The quantitative estimate of drug-likeness (QED) is 0.925. The minimum Gasteiger partial charge on any atom is -0.376 e. The lowest BCUT2D eigenvalue weighted by atomic mass is 10.3. The molecular weight excluding hydrogens is 276 g/mol. The van der Waals surface area contributed by atoms with Gasteiger partial charge in [-0.1, -0.05) is 11.6 Å². The number of urea groups is 1. The second-order valence-corrected chi connectivity index (χ2v) is 6.01. The van der Waals surface area contributed by atoms with Crippen LogP contribution >= 0.6 is 11.6 Å². The number of rotatable bonds is 4. The lowest BCUT2D eigenvalue weighted by molar-refractivity contribution is 0.0543. The molecule has 0 spiro atoms. The highest BCUT2D eigenvalue weighted by Gasteiger charge is 2.29. The van der Waals surface area contributed by atoms with E-state index in [1.807, 2.05) is 4.90 Å². The molecule has 1 aliphatic heterocycles. The van der Waals surface area contributed by atoms with Crippen molar-refractivity contribution in [1.82, 2.24) is 4.90 Å². The first-order valence-electron chi connectivity index (χ1n) is 7.14. The van der Waals surface area contributed by atoms with Gasteiger partial charge < -0.3 is 15.0 Å². The monoisotopic (exact) mass is 294 g/mol. The van der Waals surface area contributed by atoms with Gasteiger partial charge in [0.2, 0.25) is 0 Å². The van der Waals surface area contributed by atoms with Gasteiger partial charge in [0.25, 0.3) is 0 Å². The Morgan fingerprint density at radius 1 is 1.30 bits per heavy atom. The second-order valence-electron chi connectivity index (χ2n) is 5.57. The first-order chi connectivity index (χ1) is 9.70. The molecule has 0 aromatic heterocycles. The average molecular weight is 295 g/mol. The van der Waals surface area contributed by atoms with E-state index in [9.17, 15) is 4.79 Å². The fourth-order valence-electron chi connectivity index (χ4n) is 2.34. The molecule has 1 aromatic rings. The van der Waals surface area contributed by atoms with Gasteiger partial charge in [-0.05, 0) is 49.4 Å². The third-order valence-electron chi connectivity index (χ3n) is 3.79. The van der Waals surface area contributed by atoms with E-state index in [0.29, 0.717) is 11.6 Å². The maximum Gasteiger partial charge on any atom is 0.321 e. The number of anilines is 1. The van der Waals surface area contributed by atoms with E-state index in [4.69, 9.17) is 16.3 Å². The number of carbonyl (C=O) groups is 1. The summed E-state index contributed by atoms with van der Waals surface area (Å²) in [4.78, 5) is 13.9. The van der Waals surface area contributed by atoms with Crippen LogP contribution in [0, 0.1) is 5.92 Å². The number of ether oxygens (including phenoxy) is 1. The van der Waals surface area contributed by atoms with E-state index < -0.39 is 0 Å². The van der Waals surface area contributed by atoms with E-state index in [0.717, 1.165) is 31.2 Å². The predicted octanol–water partition coefficient (Wildman–Crippen LogP) is 3.37. The van der Waals surface area contributed by atoms with Crippen LogP contribution in [0.1, 0.15) is 19.3 Å². The van der Waals surface area contributed by atoms with Crippen LogP contribution in [0.25, 0.3) is 0 Å². The molecule has 5 heteroatoms. The second kappa shape index (κ2) is 6.02. The summed E-state index contributed by atoms with van der Waals surface area (Å²) >= 11 is 5.82. The summed E-state index contributed by atoms with van der Waals surface area (Å²) < 4.78 is 5.83.